The number of hydrogen-bond donors (Lipinski definition) is 2. The summed E-state index contributed by atoms with van der Waals surface area (Å²) in [5, 5.41) is 17.9. The molecule has 0 atom stereocenters. The van der Waals surface area contributed by atoms with Crippen LogP contribution in [-0.4, -0.2) is 29.8 Å². The van der Waals surface area contributed by atoms with Crippen LogP contribution >= 0.6 is 11.8 Å². The van der Waals surface area contributed by atoms with E-state index in [1.54, 1.807) is 6.26 Å². The lowest BCUT2D eigenvalue weighted by molar-refractivity contribution is -0.274. The Morgan fingerprint density at radius 1 is 1.31 bits per heavy atom. The molecule has 0 saturated carbocycles. The van der Waals surface area contributed by atoms with E-state index in [-0.39, 0.29) is 5.46 Å². The predicted octanol–water partition coefficient (Wildman–Crippen LogP) is 0.987. The molecule has 1 aromatic carbocycles. The van der Waals surface area contributed by atoms with Gasteiger partial charge in [-0.25, -0.2) is 0 Å². The number of halogens is 3. The van der Waals surface area contributed by atoms with E-state index in [4.69, 9.17) is 10.0 Å². The summed E-state index contributed by atoms with van der Waals surface area (Å²) in [6.45, 7) is 0. The Bertz CT molecular complexity index is 370. The van der Waals surface area contributed by atoms with Gasteiger partial charge in [-0.15, -0.1) is 24.9 Å². The second-order valence-electron chi connectivity index (χ2n) is 2.83. The van der Waals surface area contributed by atoms with Crippen LogP contribution < -0.4 is 10.2 Å². The summed E-state index contributed by atoms with van der Waals surface area (Å²) in [7, 11) is -1.83. The van der Waals surface area contributed by atoms with Gasteiger partial charge in [0.15, 0.2) is 0 Å². The van der Waals surface area contributed by atoms with Crippen LogP contribution in [0.1, 0.15) is 0 Å². The molecule has 0 radical (unpaired) electrons. The SMILES string of the molecule is CSc1ccc(OC(F)(F)F)cc1B(O)O. The maximum Gasteiger partial charge on any atom is 0.573 e. The van der Waals surface area contributed by atoms with Gasteiger partial charge in [-0.1, -0.05) is 0 Å². The van der Waals surface area contributed by atoms with Gasteiger partial charge in [0.25, 0.3) is 0 Å². The summed E-state index contributed by atoms with van der Waals surface area (Å²) < 4.78 is 39.4. The maximum atomic E-state index is 11.9. The molecular formula is C8H8BF3O3S. The van der Waals surface area contributed by atoms with Crippen LogP contribution in [0.15, 0.2) is 23.1 Å². The molecule has 0 heterocycles. The van der Waals surface area contributed by atoms with Gasteiger partial charge >= 0.3 is 13.5 Å². The number of thioether (sulfide) groups is 1. The Balaban J connectivity index is 3.02. The first-order valence-electron chi connectivity index (χ1n) is 4.13. The number of rotatable bonds is 3. The van der Waals surface area contributed by atoms with Gasteiger partial charge in [0.2, 0.25) is 0 Å². The molecule has 0 aliphatic rings. The first kappa shape index (κ1) is 13.2. The monoisotopic (exact) mass is 252 g/mol. The summed E-state index contributed by atoms with van der Waals surface area (Å²) in [5.74, 6) is -0.478. The fraction of sp³-hybridized carbons (Fsp3) is 0.250. The molecule has 0 fully saturated rings. The van der Waals surface area contributed by atoms with E-state index in [0.29, 0.717) is 4.90 Å². The molecule has 0 saturated heterocycles. The molecular weight excluding hydrogens is 244 g/mol. The van der Waals surface area contributed by atoms with Crippen molar-refractivity contribution in [2.45, 2.75) is 11.3 Å². The van der Waals surface area contributed by atoms with Crippen LogP contribution in [0.5, 0.6) is 5.75 Å². The van der Waals surface area contributed by atoms with Crippen molar-refractivity contribution < 1.29 is 28.0 Å². The van der Waals surface area contributed by atoms with E-state index in [0.717, 1.165) is 12.1 Å². The average molecular weight is 252 g/mol. The molecule has 0 aliphatic carbocycles. The summed E-state index contributed by atoms with van der Waals surface area (Å²) >= 11 is 1.19. The normalized spacial score (nSPS) is 11.4. The molecule has 1 aromatic rings. The minimum atomic E-state index is -4.79. The third-order valence-electron chi connectivity index (χ3n) is 1.71. The Hall–Kier alpha value is -0.855. The van der Waals surface area contributed by atoms with Gasteiger partial charge in [-0.2, -0.15) is 0 Å². The molecule has 3 nitrogen and oxygen atoms in total. The molecule has 0 aliphatic heterocycles. The number of hydrogen-bond acceptors (Lipinski definition) is 4. The fourth-order valence-corrected chi connectivity index (χ4v) is 1.72. The minimum absolute atomic E-state index is 0.0192. The quantitative estimate of drug-likeness (QED) is 0.622. The Morgan fingerprint density at radius 3 is 2.38 bits per heavy atom. The highest BCUT2D eigenvalue weighted by Gasteiger charge is 2.31. The Labute approximate surface area is 94.4 Å². The molecule has 0 spiro atoms. The number of benzene rings is 1. The van der Waals surface area contributed by atoms with Gasteiger partial charge < -0.3 is 14.8 Å². The first-order valence-corrected chi connectivity index (χ1v) is 5.36. The van der Waals surface area contributed by atoms with Crippen molar-refractivity contribution >= 4 is 24.3 Å². The Kier molecular flexibility index (Phi) is 4.12. The smallest absolute Gasteiger partial charge is 0.423 e. The van der Waals surface area contributed by atoms with Crippen molar-refractivity contribution in [3.8, 4) is 5.75 Å². The lowest BCUT2D eigenvalue weighted by Gasteiger charge is -2.12. The average Bonchev–Trinajstić information content (AvgIpc) is 2.15. The van der Waals surface area contributed by atoms with E-state index >= 15 is 0 Å². The maximum absolute atomic E-state index is 11.9. The van der Waals surface area contributed by atoms with Crippen LogP contribution in [0.4, 0.5) is 13.2 Å². The van der Waals surface area contributed by atoms with Crippen LogP contribution in [0, 0.1) is 0 Å². The summed E-state index contributed by atoms with van der Waals surface area (Å²) in [6, 6.07) is 3.40. The highest BCUT2D eigenvalue weighted by atomic mass is 32.2. The highest BCUT2D eigenvalue weighted by Crippen LogP contribution is 2.24. The third-order valence-corrected chi connectivity index (χ3v) is 2.52. The zero-order valence-corrected chi connectivity index (χ0v) is 8.97. The van der Waals surface area contributed by atoms with Crippen LogP contribution in [-0.2, 0) is 0 Å². The summed E-state index contributed by atoms with van der Waals surface area (Å²) in [6.07, 6.45) is -3.12. The molecule has 1 rings (SSSR count). The van der Waals surface area contributed by atoms with Gasteiger partial charge in [0.1, 0.15) is 5.75 Å². The van der Waals surface area contributed by atoms with E-state index in [9.17, 15) is 13.2 Å². The van der Waals surface area contributed by atoms with Crippen LogP contribution in [0.2, 0.25) is 0 Å². The second kappa shape index (κ2) is 4.98. The van der Waals surface area contributed by atoms with Crippen LogP contribution in [0.3, 0.4) is 0 Å². The second-order valence-corrected chi connectivity index (χ2v) is 3.67. The highest BCUT2D eigenvalue weighted by molar-refractivity contribution is 7.98. The largest absolute Gasteiger partial charge is 0.573 e. The molecule has 0 bridgehead atoms. The molecule has 0 aromatic heterocycles. The standard InChI is InChI=1S/C8H8BF3O3S/c1-16-7-3-2-5(15-8(10,11)12)4-6(7)9(13)14/h2-4,13-14H,1H3. The van der Waals surface area contributed by atoms with Crippen molar-refractivity contribution in [1.82, 2.24) is 0 Å². The molecule has 8 heteroatoms. The molecule has 16 heavy (non-hydrogen) atoms. The molecule has 0 unspecified atom stereocenters. The van der Waals surface area contributed by atoms with Crippen molar-refractivity contribution in [3.05, 3.63) is 18.2 Å². The number of ether oxygens (including phenoxy) is 1. The third kappa shape index (κ3) is 3.62. The van der Waals surface area contributed by atoms with E-state index in [1.807, 2.05) is 0 Å². The summed E-state index contributed by atoms with van der Waals surface area (Å²) in [4.78, 5) is 0.476. The zero-order valence-electron chi connectivity index (χ0n) is 8.15. The van der Waals surface area contributed by atoms with E-state index < -0.39 is 19.2 Å². The van der Waals surface area contributed by atoms with Gasteiger partial charge in [-0.05, 0) is 29.9 Å². The lowest BCUT2D eigenvalue weighted by Crippen LogP contribution is -2.32. The van der Waals surface area contributed by atoms with Crippen molar-refractivity contribution in [2.75, 3.05) is 6.26 Å². The topological polar surface area (TPSA) is 49.7 Å². The predicted molar refractivity (Wildman–Crippen MR) is 54.7 cm³/mol. The van der Waals surface area contributed by atoms with Gasteiger partial charge in [0.05, 0.1) is 0 Å². The van der Waals surface area contributed by atoms with Crippen molar-refractivity contribution in [1.29, 1.82) is 0 Å². The molecule has 0 amide bonds. The van der Waals surface area contributed by atoms with Gasteiger partial charge in [-0.3, -0.25) is 0 Å². The van der Waals surface area contributed by atoms with E-state index in [2.05, 4.69) is 4.74 Å². The first-order chi connectivity index (χ1) is 7.33. The van der Waals surface area contributed by atoms with E-state index in [1.165, 1.54) is 17.8 Å². The zero-order chi connectivity index (χ0) is 12.3. The minimum Gasteiger partial charge on any atom is -0.423 e. The van der Waals surface area contributed by atoms with Crippen LogP contribution in [0.25, 0.3) is 0 Å². The van der Waals surface area contributed by atoms with Crippen molar-refractivity contribution in [2.24, 2.45) is 0 Å². The van der Waals surface area contributed by atoms with Gasteiger partial charge in [0, 0.05) is 4.90 Å². The molecule has 2 N–H and O–H groups in total. The number of alkyl halides is 3. The van der Waals surface area contributed by atoms with Crippen molar-refractivity contribution in [3.63, 3.8) is 0 Å². The lowest BCUT2D eigenvalue weighted by atomic mass is 9.80. The fourth-order valence-electron chi connectivity index (χ4n) is 1.11. The summed E-state index contributed by atoms with van der Waals surface area (Å²) in [5.41, 5.74) is -0.0192. The Morgan fingerprint density at radius 2 is 1.94 bits per heavy atom. The molecule has 88 valence electrons.